The smallest absolute Gasteiger partial charge is 0.327 e. The Bertz CT molecular complexity index is 3080. The minimum Gasteiger partial charge on any atom is -0.508 e. The molecule has 33 nitrogen and oxygen atoms in total. The summed E-state index contributed by atoms with van der Waals surface area (Å²) in [6.07, 6.45) is 1.53. The highest BCUT2D eigenvalue weighted by Crippen LogP contribution is 2.27. The van der Waals surface area contributed by atoms with Gasteiger partial charge in [0, 0.05) is 60.7 Å². The van der Waals surface area contributed by atoms with Gasteiger partial charge >= 0.3 is 5.97 Å². The summed E-state index contributed by atoms with van der Waals surface area (Å²) in [4.78, 5) is 204. The van der Waals surface area contributed by atoms with Crippen molar-refractivity contribution in [2.45, 2.75) is 158 Å². The van der Waals surface area contributed by atoms with E-state index in [4.69, 9.17) is 5.73 Å². The van der Waals surface area contributed by atoms with Crippen molar-refractivity contribution in [1.29, 1.82) is 0 Å². The van der Waals surface area contributed by atoms with Crippen LogP contribution in [0.3, 0.4) is 0 Å². The zero-order valence-electron chi connectivity index (χ0n) is 52.7. The van der Waals surface area contributed by atoms with Crippen molar-refractivity contribution in [3.05, 3.63) is 48.0 Å². The summed E-state index contributed by atoms with van der Waals surface area (Å²) in [7, 11) is 3.48. The molecule has 5 heterocycles. The van der Waals surface area contributed by atoms with Crippen LogP contribution in [0.25, 0.3) is 0 Å². The molecular weight excluding hydrogens is 1320 g/mol. The number of amides is 13. The van der Waals surface area contributed by atoms with Crippen LogP contribution in [-0.4, -0.2) is 235 Å². The average Bonchev–Trinajstić information content (AvgIpc) is 1.73. The van der Waals surface area contributed by atoms with Crippen molar-refractivity contribution < 1.29 is 82.4 Å². The van der Waals surface area contributed by atoms with Gasteiger partial charge in [-0.05, 0) is 74.6 Å². The molecule has 13 amide bonds. The molecule has 0 radical (unpaired) electrons. The Morgan fingerprint density at radius 3 is 1.97 bits per heavy atom. The molecule has 0 saturated carbocycles. The number of aliphatic hydroxyl groups is 1. The van der Waals surface area contributed by atoms with Crippen molar-refractivity contribution in [3.63, 3.8) is 0 Å². The van der Waals surface area contributed by atoms with Crippen molar-refractivity contribution in [2.75, 3.05) is 49.2 Å². The average molecular weight is 1410 g/mol. The number of benzene rings is 1. The van der Waals surface area contributed by atoms with E-state index in [9.17, 15) is 82.4 Å². The number of unbranched alkanes of at least 4 members (excludes halogenated alkanes) is 1. The lowest BCUT2D eigenvalue weighted by molar-refractivity contribution is -0.146. The minimum atomic E-state index is -1.71. The molecule has 2 bridgehead atoms. The first-order valence-corrected chi connectivity index (χ1v) is 35.9. The Morgan fingerprint density at radius 2 is 1.33 bits per heavy atom. The zero-order chi connectivity index (χ0) is 69.5. The molecule has 4 aliphatic heterocycles. The standard InChI is InChI=1S/C58H84N16O17S4/c1-28(2)17-35-51(83)70-39-24-93-92-23-38(49(81)62-21-44(78)65-36(18-30-8-10-32(75)11-9-30)52(84)66-33(50(82)67-35)7-5-6-15-59)69-54(86)40(71-55(87)46(29(3)4)73-45(79)22-61-48(80)34-12-13-43(77)64-34)25-94-95-26-41(58(90)91)72-56(88)47-42(76)14-16-74(47)57(89)37(68-53(39)85)19-31-20-60-27-63-31/h8-11,20,27-29,33-42,46-47,75-76H,5-7,12-19,21-26,59H2,1-4H3,(H,60,63)(H,61,80)(H,62,81)(H,64,77)(H,65,78)(H,66,84)(H,67,82)(H,68,85)(H,69,86)(H,70,83)(H,71,87)(H,72,88)(H,73,79)(H,90,91)/t33-,34-,35-,36-,37-,38-,39-,40-,41+,42-,46-,47-/m0/s1. The molecule has 0 unspecified atom stereocenters. The number of fused-ring (bicyclic) bond motifs is 6. The number of carbonyl (C=O) groups is 14. The number of phenols is 1. The molecule has 522 valence electrons. The predicted octanol–water partition coefficient (Wildman–Crippen LogP) is -4.56. The molecule has 37 heteroatoms. The maximum absolute atomic E-state index is 15.0. The largest absolute Gasteiger partial charge is 0.508 e. The normalized spacial score (nSPS) is 26.4. The lowest BCUT2D eigenvalue weighted by Crippen LogP contribution is -2.61. The van der Waals surface area contributed by atoms with Crippen molar-refractivity contribution in [1.82, 2.24) is 78.7 Å². The Labute approximate surface area is 562 Å². The summed E-state index contributed by atoms with van der Waals surface area (Å²) < 4.78 is 0. The molecule has 1 aromatic heterocycles. The maximum atomic E-state index is 15.0. The van der Waals surface area contributed by atoms with Gasteiger partial charge in [0.15, 0.2) is 0 Å². The van der Waals surface area contributed by atoms with Crippen LogP contribution in [0, 0.1) is 11.8 Å². The van der Waals surface area contributed by atoms with E-state index in [1.807, 2.05) is 0 Å². The third-order valence-electron chi connectivity index (χ3n) is 15.5. The number of aromatic hydroxyl groups is 1. The number of carboxylic acid groups (broad SMARTS) is 1. The molecule has 12 atom stereocenters. The van der Waals surface area contributed by atoms with Gasteiger partial charge in [0.05, 0.1) is 25.5 Å². The first kappa shape index (κ1) is 76.2. The molecule has 95 heavy (non-hydrogen) atoms. The fourth-order valence-corrected chi connectivity index (χ4v) is 15.0. The molecule has 4 saturated heterocycles. The van der Waals surface area contributed by atoms with E-state index < -0.39 is 180 Å². The predicted molar refractivity (Wildman–Crippen MR) is 349 cm³/mol. The number of nitrogens with zero attached hydrogens (tertiary/aromatic N) is 2. The van der Waals surface area contributed by atoms with Crippen LogP contribution in [-0.2, 0) is 80.0 Å². The Hall–Kier alpha value is -7.87. The third-order valence-corrected chi connectivity index (χ3v) is 20.3. The maximum Gasteiger partial charge on any atom is 0.327 e. The van der Waals surface area contributed by atoms with Gasteiger partial charge in [-0.2, -0.15) is 0 Å². The SMILES string of the molecule is CC(C)C[C@@H]1NC(=O)[C@H](CCCCN)NC(=O)[C@H](Cc2ccc(O)cc2)NC(=O)CNC(=O)[C@@H]2CSSC[C@H](NC1=O)C(=O)N[C@@H](Cc1cnc[nH]1)C(=O)N1CC[C@H](O)[C@H]1C(=O)N[C@@H](C(=O)O)CSSC[C@H](NC(=O)[C@@H](NC(=O)CNC(=O)[C@@H]1CCC(=O)N1)C(C)C)C(=O)N2. The van der Waals surface area contributed by atoms with Gasteiger partial charge in [-0.1, -0.05) is 83.0 Å². The van der Waals surface area contributed by atoms with Crippen LogP contribution < -0.4 is 69.5 Å². The molecule has 2 aromatic rings. The van der Waals surface area contributed by atoms with Gasteiger partial charge in [0.2, 0.25) is 76.8 Å². The fraction of sp³-hybridized carbons (Fsp3) is 0.603. The lowest BCUT2D eigenvalue weighted by atomic mass is 10.0. The van der Waals surface area contributed by atoms with Gasteiger partial charge in [-0.3, -0.25) is 62.3 Å². The number of aliphatic carboxylic acids is 1. The number of phenolic OH excluding ortho intramolecular Hbond substituents is 1. The Kier molecular flexibility index (Phi) is 30.0. The quantitative estimate of drug-likeness (QED) is 0.0494. The highest BCUT2D eigenvalue weighted by molar-refractivity contribution is 8.77. The number of nitrogens with one attached hydrogen (secondary N) is 13. The topological polar surface area (TPSA) is 502 Å². The number of hydrogen-bond donors (Lipinski definition) is 17. The number of carboxylic acids is 1. The second kappa shape index (κ2) is 37.4. The molecule has 0 spiro atoms. The monoisotopic (exact) mass is 1400 g/mol. The van der Waals surface area contributed by atoms with Crippen LogP contribution in [0.1, 0.15) is 83.9 Å². The number of aromatic nitrogens is 2. The van der Waals surface area contributed by atoms with Crippen molar-refractivity contribution in [2.24, 2.45) is 17.6 Å². The van der Waals surface area contributed by atoms with E-state index >= 15 is 0 Å². The summed E-state index contributed by atoms with van der Waals surface area (Å²) in [6.45, 7) is 5.24. The van der Waals surface area contributed by atoms with E-state index in [1.165, 1.54) is 36.8 Å². The third kappa shape index (κ3) is 23.8. The van der Waals surface area contributed by atoms with Crippen molar-refractivity contribution >= 4 is 126 Å². The van der Waals surface area contributed by atoms with E-state index in [0.29, 0.717) is 24.1 Å². The molecule has 4 fully saturated rings. The summed E-state index contributed by atoms with van der Waals surface area (Å²) in [5.41, 5.74) is 6.59. The fourth-order valence-electron chi connectivity index (χ4n) is 10.4. The Morgan fingerprint density at radius 1 is 0.684 bits per heavy atom. The number of aliphatic hydroxyl groups excluding tert-OH is 1. The number of rotatable bonds is 18. The summed E-state index contributed by atoms with van der Waals surface area (Å²) in [5, 5.41) is 62.6. The van der Waals surface area contributed by atoms with Gasteiger partial charge in [0.1, 0.15) is 72.2 Å². The zero-order valence-corrected chi connectivity index (χ0v) is 56.0. The van der Waals surface area contributed by atoms with E-state index in [1.54, 1.807) is 27.7 Å². The first-order valence-electron chi connectivity index (χ1n) is 30.9. The van der Waals surface area contributed by atoms with E-state index in [-0.39, 0.29) is 87.1 Å². The molecule has 6 rings (SSSR count). The number of carbonyl (C=O) groups excluding carboxylic acids is 13. The number of aromatic amines is 1. The number of imidazole rings is 1. The molecule has 18 N–H and O–H groups in total. The van der Waals surface area contributed by atoms with Gasteiger partial charge < -0.3 is 94.7 Å². The summed E-state index contributed by atoms with van der Waals surface area (Å²) >= 11 is 0. The number of nitrogens with two attached hydrogens (primary N) is 1. The van der Waals surface area contributed by atoms with Crippen LogP contribution in [0.2, 0.25) is 0 Å². The molecular formula is C58H84N16O17S4. The van der Waals surface area contributed by atoms with Crippen LogP contribution in [0.4, 0.5) is 0 Å². The highest BCUT2D eigenvalue weighted by Gasteiger charge is 2.45. The van der Waals surface area contributed by atoms with Crippen LogP contribution in [0.15, 0.2) is 36.8 Å². The minimum absolute atomic E-state index is 0.00288. The first-order chi connectivity index (χ1) is 45.2. The second-order valence-electron chi connectivity index (χ2n) is 23.8. The van der Waals surface area contributed by atoms with Gasteiger partial charge in [-0.15, -0.1) is 0 Å². The highest BCUT2D eigenvalue weighted by atomic mass is 33.1. The lowest BCUT2D eigenvalue weighted by Gasteiger charge is -2.31. The van der Waals surface area contributed by atoms with E-state index in [2.05, 4.69) is 73.8 Å². The number of hydrogen-bond acceptors (Lipinski definition) is 22. The van der Waals surface area contributed by atoms with E-state index in [0.717, 1.165) is 48.1 Å². The summed E-state index contributed by atoms with van der Waals surface area (Å²) in [6, 6.07) is -10.5. The van der Waals surface area contributed by atoms with Gasteiger partial charge in [-0.25, -0.2) is 9.78 Å². The molecule has 1 aromatic carbocycles. The molecule has 0 aliphatic carbocycles. The second-order valence-corrected chi connectivity index (χ2v) is 28.9. The Balaban J connectivity index is 1.41. The van der Waals surface area contributed by atoms with Crippen molar-refractivity contribution in [3.8, 4) is 5.75 Å². The number of H-pyrrole nitrogens is 1. The van der Waals surface area contributed by atoms with Crippen LogP contribution in [0.5, 0.6) is 5.75 Å². The molecule has 4 aliphatic rings. The van der Waals surface area contributed by atoms with Crippen LogP contribution >= 0.6 is 43.2 Å². The summed E-state index contributed by atoms with van der Waals surface area (Å²) in [5.74, 6) is -15.4. The van der Waals surface area contributed by atoms with Gasteiger partial charge in [0.25, 0.3) is 0 Å².